The lowest BCUT2D eigenvalue weighted by atomic mass is 9.42. The van der Waals surface area contributed by atoms with Crippen molar-refractivity contribution in [2.45, 2.75) is 215 Å². The molecule has 19 nitrogen and oxygen atoms in total. The molecule has 19 heteroatoms. The maximum Gasteiger partial charge on any atom is 0.326 e. The summed E-state index contributed by atoms with van der Waals surface area (Å²) in [7, 11) is 0. The number of hydrogen-bond acceptors (Lipinski definition) is 18. The SMILES string of the molecule is C[C@H](CCC=O)[C@H]1CCC2C3C(C[C@H](O)[C@@]21C)[C@@]1(C)CC[C@](O)(Nc2ccc(COCC(C(=O)OC(C)(C)C)N(CCN(CCN(CC(=O)O)CC(=O)OC(C)(C)C)CC(=O)OC(C)(C)C)CC(=O)OC(C)(C)C)cc2)C[C@H]1C[C@H]3O. The van der Waals surface area contributed by atoms with Gasteiger partial charge in [0, 0.05) is 38.3 Å². The van der Waals surface area contributed by atoms with Crippen LogP contribution in [0.15, 0.2) is 24.3 Å². The number of rotatable bonds is 26. The van der Waals surface area contributed by atoms with Gasteiger partial charge in [-0.2, -0.15) is 0 Å². The van der Waals surface area contributed by atoms with E-state index in [-0.39, 0.29) is 93.5 Å². The molecule has 5 rings (SSSR count). The van der Waals surface area contributed by atoms with Crippen LogP contribution < -0.4 is 5.32 Å². The van der Waals surface area contributed by atoms with Gasteiger partial charge in [0.05, 0.1) is 51.6 Å². The van der Waals surface area contributed by atoms with Crippen LogP contribution in [-0.4, -0.2) is 177 Å². The number of carboxylic acids is 1. The number of aliphatic carboxylic acids is 1. The predicted molar refractivity (Wildman–Crippen MR) is 306 cm³/mol. The second-order valence-corrected chi connectivity index (χ2v) is 28.6. The quantitative estimate of drug-likeness (QED) is 0.0265. The second kappa shape index (κ2) is 27.2. The third-order valence-electron chi connectivity index (χ3n) is 17.4. The van der Waals surface area contributed by atoms with Gasteiger partial charge in [0.25, 0.3) is 0 Å². The summed E-state index contributed by atoms with van der Waals surface area (Å²) in [4.78, 5) is 82.0. The molecule has 0 aliphatic heterocycles. The molecule has 4 fully saturated rings. The molecule has 4 aliphatic rings. The third kappa shape index (κ3) is 19.4. The molecule has 5 N–H and O–H groups in total. The minimum atomic E-state index is -1.23. The summed E-state index contributed by atoms with van der Waals surface area (Å²) >= 11 is 0. The van der Waals surface area contributed by atoms with Gasteiger partial charge in [-0.25, -0.2) is 0 Å². The molecule has 0 heterocycles. The van der Waals surface area contributed by atoms with Crippen molar-refractivity contribution in [3.8, 4) is 0 Å². The van der Waals surface area contributed by atoms with Gasteiger partial charge < -0.3 is 54.2 Å². The fraction of sp³-hybridized carbons (Fsp3) is 0.806. The maximum absolute atomic E-state index is 14.2. The molecule has 4 aliphatic carbocycles. The van der Waals surface area contributed by atoms with Crippen LogP contribution in [0.2, 0.25) is 0 Å². The highest BCUT2D eigenvalue weighted by atomic mass is 16.6. The van der Waals surface area contributed by atoms with Gasteiger partial charge >= 0.3 is 29.8 Å². The molecule has 1 aromatic carbocycles. The Morgan fingerprint density at radius 3 is 1.81 bits per heavy atom. The first-order chi connectivity index (χ1) is 37.3. The first-order valence-electron chi connectivity index (χ1n) is 29.6. The van der Waals surface area contributed by atoms with Crippen LogP contribution >= 0.6 is 0 Å². The largest absolute Gasteiger partial charge is 0.480 e. The number of carboxylic acid groups (broad SMARTS) is 1. The molecule has 0 saturated heterocycles. The van der Waals surface area contributed by atoms with Crippen LogP contribution in [0.1, 0.15) is 167 Å². The topological polar surface area (TPSA) is 251 Å². The van der Waals surface area contributed by atoms with Crippen molar-refractivity contribution in [3.05, 3.63) is 29.8 Å². The number of esters is 4. The Labute approximate surface area is 482 Å². The van der Waals surface area contributed by atoms with Crippen molar-refractivity contribution in [2.75, 3.05) is 64.3 Å². The lowest BCUT2D eigenvalue weighted by Gasteiger charge is -2.64. The van der Waals surface area contributed by atoms with E-state index in [1.165, 1.54) is 4.90 Å². The number of hydrogen-bond donors (Lipinski definition) is 5. The minimum Gasteiger partial charge on any atom is -0.480 e. The standard InChI is InChI=1S/C62H102N4O15/c1-40(17-16-30-67)44-22-23-45-54-46(32-49(69)61(44,45)15)60(14)24-25-62(76,33-42(60)31-48(54)68)63-43-20-18-41(19-21-43)38-77-39-47(55(75)81-59(11,12)13)66(37-53(74)80-58(8,9)10)29-28-64(35-51(72)78-56(2,3)4)26-27-65(34-50(70)71)36-52(73)79-57(5,6)7/h18-21,30,40,42,44-49,54,63,68-69,76H,16-17,22-29,31-39H2,1-15H3,(H,70,71)/t40-,42-,44-,45?,46?,47?,48-,49+,54?,60+,61-,62-/m1/s1. The highest BCUT2D eigenvalue weighted by molar-refractivity contribution is 5.78. The zero-order chi connectivity index (χ0) is 60.7. The van der Waals surface area contributed by atoms with E-state index < -0.39 is 82.8 Å². The van der Waals surface area contributed by atoms with Crippen LogP contribution in [0.25, 0.3) is 0 Å². The number of aliphatic hydroxyl groups is 3. The predicted octanol–water partition coefficient (Wildman–Crippen LogP) is 7.25. The van der Waals surface area contributed by atoms with E-state index in [9.17, 15) is 49.2 Å². The summed E-state index contributed by atoms with van der Waals surface area (Å²) in [5, 5.41) is 49.5. The van der Waals surface area contributed by atoms with Gasteiger partial charge in [0.2, 0.25) is 0 Å². The Morgan fingerprint density at radius 1 is 0.716 bits per heavy atom. The van der Waals surface area contributed by atoms with E-state index in [0.717, 1.165) is 37.5 Å². The van der Waals surface area contributed by atoms with Crippen molar-refractivity contribution in [3.63, 3.8) is 0 Å². The molecule has 12 atom stereocenters. The summed E-state index contributed by atoms with van der Waals surface area (Å²) < 4.78 is 29.1. The molecule has 81 heavy (non-hydrogen) atoms. The number of benzene rings is 1. The van der Waals surface area contributed by atoms with E-state index in [1.54, 1.807) is 92.9 Å². The fourth-order valence-corrected chi connectivity index (χ4v) is 13.9. The first-order valence-corrected chi connectivity index (χ1v) is 29.6. The third-order valence-corrected chi connectivity index (χ3v) is 17.4. The van der Waals surface area contributed by atoms with E-state index in [2.05, 4.69) is 26.1 Å². The summed E-state index contributed by atoms with van der Waals surface area (Å²) in [6, 6.07) is 6.33. The Bertz CT molecular complexity index is 2290. The van der Waals surface area contributed by atoms with Gasteiger partial charge in [-0.05, 0) is 198 Å². The number of fused-ring (bicyclic) bond motifs is 5. The highest BCUT2D eigenvalue weighted by Gasteiger charge is 2.66. The average Bonchev–Trinajstić information content (AvgIpc) is 3.23. The summed E-state index contributed by atoms with van der Waals surface area (Å²) in [6.45, 7) is 26.2. The summed E-state index contributed by atoms with van der Waals surface area (Å²) in [6.07, 6.45) is 6.11. The normalized spacial score (nSPS) is 28.5. The maximum atomic E-state index is 14.2. The van der Waals surface area contributed by atoms with E-state index >= 15 is 0 Å². The van der Waals surface area contributed by atoms with Crippen LogP contribution in [0.3, 0.4) is 0 Å². The molecular formula is C62H102N4O15. The summed E-state index contributed by atoms with van der Waals surface area (Å²) in [5.41, 5.74) is -3.65. The highest BCUT2D eigenvalue weighted by Crippen LogP contribution is 2.69. The van der Waals surface area contributed by atoms with Crippen molar-refractivity contribution >= 4 is 41.8 Å². The van der Waals surface area contributed by atoms with Crippen molar-refractivity contribution < 1.29 is 72.9 Å². The first kappa shape index (κ1) is 67.5. The zero-order valence-corrected chi connectivity index (χ0v) is 51.6. The number of carbonyl (C=O) groups excluding carboxylic acids is 5. The zero-order valence-electron chi connectivity index (χ0n) is 51.6. The minimum absolute atomic E-state index is 0.00964. The van der Waals surface area contributed by atoms with Crippen molar-refractivity contribution in [1.29, 1.82) is 0 Å². The number of nitrogens with zero attached hydrogens (tertiary/aromatic N) is 3. The van der Waals surface area contributed by atoms with Crippen molar-refractivity contribution in [1.82, 2.24) is 14.7 Å². The smallest absolute Gasteiger partial charge is 0.326 e. The molecule has 0 radical (unpaired) electrons. The number of aliphatic hydroxyl groups excluding tert-OH is 2. The Kier molecular flexibility index (Phi) is 22.7. The molecule has 1 aromatic rings. The Morgan fingerprint density at radius 2 is 1.26 bits per heavy atom. The van der Waals surface area contributed by atoms with E-state index in [0.29, 0.717) is 49.6 Å². The number of aldehydes is 1. The lowest BCUT2D eigenvalue weighted by molar-refractivity contribution is -0.213. The summed E-state index contributed by atoms with van der Waals surface area (Å²) in [5.74, 6) is -2.59. The van der Waals surface area contributed by atoms with Gasteiger partial charge in [-0.3, -0.25) is 38.7 Å². The molecular weight excluding hydrogens is 1040 g/mol. The Balaban J connectivity index is 1.29. The molecule has 0 amide bonds. The van der Waals surface area contributed by atoms with Crippen LogP contribution in [0, 0.1) is 46.3 Å². The Hall–Kier alpha value is -4.24. The molecule has 0 aromatic heterocycles. The molecule has 0 bridgehead atoms. The lowest BCUT2D eigenvalue weighted by Crippen LogP contribution is -2.63. The molecule has 460 valence electrons. The number of carbonyl (C=O) groups is 6. The van der Waals surface area contributed by atoms with Gasteiger partial charge in [0.15, 0.2) is 0 Å². The van der Waals surface area contributed by atoms with Crippen LogP contribution in [0.5, 0.6) is 0 Å². The molecule has 0 spiro atoms. The van der Waals surface area contributed by atoms with E-state index in [1.807, 2.05) is 24.3 Å². The molecule has 4 unspecified atom stereocenters. The van der Waals surface area contributed by atoms with Gasteiger partial charge in [-0.15, -0.1) is 0 Å². The van der Waals surface area contributed by atoms with E-state index in [4.69, 9.17) is 23.7 Å². The van der Waals surface area contributed by atoms with Crippen LogP contribution in [0.4, 0.5) is 5.69 Å². The average molecular weight is 1140 g/mol. The number of ether oxygens (including phenoxy) is 5. The fourth-order valence-electron chi connectivity index (χ4n) is 13.9. The number of anilines is 1. The van der Waals surface area contributed by atoms with Crippen LogP contribution in [-0.2, 0) is 59.1 Å². The molecule has 4 saturated carbocycles. The second-order valence-electron chi connectivity index (χ2n) is 28.6. The number of nitrogens with one attached hydrogen (secondary N) is 1. The van der Waals surface area contributed by atoms with Gasteiger partial charge in [-0.1, -0.05) is 32.9 Å². The van der Waals surface area contributed by atoms with Gasteiger partial charge in [0.1, 0.15) is 40.5 Å². The monoisotopic (exact) mass is 1140 g/mol. The van der Waals surface area contributed by atoms with Crippen molar-refractivity contribution in [2.24, 2.45) is 46.3 Å².